The first kappa shape index (κ1) is 15.5. The lowest BCUT2D eigenvalue weighted by Crippen LogP contribution is -2.19. The molecule has 2 aromatic carbocycles. The fraction of sp³-hybridized carbons (Fsp3) is 0.300. The Morgan fingerprint density at radius 2 is 1.83 bits per heavy atom. The summed E-state index contributed by atoms with van der Waals surface area (Å²) in [6, 6.07) is 11.3. The molecule has 1 atom stereocenters. The molecular weight excluding hydrogens is 288 g/mol. The van der Waals surface area contributed by atoms with Gasteiger partial charge in [-0.05, 0) is 40.8 Å². The monoisotopic (exact) mass is 308 g/mol. The molecule has 0 radical (unpaired) electrons. The molecule has 23 heavy (non-hydrogen) atoms. The first-order chi connectivity index (χ1) is 11.1. The predicted octanol–water partition coefficient (Wildman–Crippen LogP) is 4.27. The Kier molecular flexibility index (Phi) is 4.03. The fourth-order valence-electron chi connectivity index (χ4n) is 3.37. The molecule has 1 aliphatic rings. The molecule has 0 amide bonds. The molecule has 1 unspecified atom stereocenters. The molecule has 2 aromatic rings. The van der Waals surface area contributed by atoms with Crippen LogP contribution in [0, 0.1) is 0 Å². The normalized spacial score (nSPS) is 15.7. The third-order valence-corrected chi connectivity index (χ3v) is 4.63. The Labute approximate surface area is 136 Å². The lowest BCUT2D eigenvalue weighted by atomic mass is 9.75. The van der Waals surface area contributed by atoms with Crippen LogP contribution in [0.15, 0.2) is 36.4 Å². The number of Topliss-reactive ketones (excluding diaryl/α,β-unsaturated/α-hetero) is 2. The molecule has 0 spiro atoms. The molecule has 0 aromatic heterocycles. The molecule has 118 valence electrons. The van der Waals surface area contributed by atoms with E-state index in [0.717, 1.165) is 22.3 Å². The SMILES string of the molecule is CCC(=O)c1cc2c(cc1O)CC(C(=O)CC)c1ccccc1-2. The number of phenols is 1. The molecular formula is C20H20O3. The summed E-state index contributed by atoms with van der Waals surface area (Å²) in [7, 11) is 0. The second-order valence-corrected chi connectivity index (χ2v) is 5.97. The van der Waals surface area contributed by atoms with E-state index in [1.165, 1.54) is 0 Å². The molecule has 3 nitrogen and oxygen atoms in total. The van der Waals surface area contributed by atoms with Crippen LogP contribution in [0.4, 0.5) is 0 Å². The highest BCUT2D eigenvalue weighted by Crippen LogP contribution is 2.42. The second kappa shape index (κ2) is 5.99. The van der Waals surface area contributed by atoms with Crippen LogP contribution in [0.25, 0.3) is 11.1 Å². The third-order valence-electron chi connectivity index (χ3n) is 4.63. The van der Waals surface area contributed by atoms with E-state index < -0.39 is 0 Å². The maximum Gasteiger partial charge on any atom is 0.166 e. The summed E-state index contributed by atoms with van der Waals surface area (Å²) < 4.78 is 0. The smallest absolute Gasteiger partial charge is 0.166 e. The van der Waals surface area contributed by atoms with Gasteiger partial charge in [0, 0.05) is 18.8 Å². The van der Waals surface area contributed by atoms with E-state index in [-0.39, 0.29) is 23.2 Å². The van der Waals surface area contributed by atoms with E-state index in [0.29, 0.717) is 24.8 Å². The van der Waals surface area contributed by atoms with Crippen molar-refractivity contribution in [2.45, 2.75) is 39.0 Å². The van der Waals surface area contributed by atoms with Gasteiger partial charge in [0.2, 0.25) is 0 Å². The van der Waals surface area contributed by atoms with Gasteiger partial charge in [-0.2, -0.15) is 0 Å². The second-order valence-electron chi connectivity index (χ2n) is 5.97. The number of carbonyl (C=O) groups is 2. The van der Waals surface area contributed by atoms with E-state index in [1.54, 1.807) is 19.1 Å². The molecule has 0 saturated carbocycles. The van der Waals surface area contributed by atoms with Crippen molar-refractivity contribution in [2.24, 2.45) is 0 Å². The highest BCUT2D eigenvalue weighted by Gasteiger charge is 2.29. The number of rotatable bonds is 4. The Balaban J connectivity index is 2.20. The molecule has 1 aliphatic carbocycles. The molecule has 3 rings (SSSR count). The zero-order chi connectivity index (χ0) is 16.6. The first-order valence-electron chi connectivity index (χ1n) is 8.07. The Morgan fingerprint density at radius 1 is 1.09 bits per heavy atom. The van der Waals surface area contributed by atoms with Gasteiger partial charge in [0.15, 0.2) is 5.78 Å². The van der Waals surface area contributed by atoms with Gasteiger partial charge >= 0.3 is 0 Å². The lowest BCUT2D eigenvalue weighted by Gasteiger charge is -2.27. The maximum absolute atomic E-state index is 12.3. The van der Waals surface area contributed by atoms with Gasteiger partial charge in [-0.3, -0.25) is 9.59 Å². The van der Waals surface area contributed by atoms with Crippen molar-refractivity contribution in [3.05, 3.63) is 53.1 Å². The van der Waals surface area contributed by atoms with Crippen LogP contribution in [-0.4, -0.2) is 16.7 Å². The van der Waals surface area contributed by atoms with E-state index in [4.69, 9.17) is 0 Å². The van der Waals surface area contributed by atoms with Gasteiger partial charge in [0.25, 0.3) is 0 Å². The average Bonchev–Trinajstić information content (AvgIpc) is 2.59. The van der Waals surface area contributed by atoms with Crippen molar-refractivity contribution >= 4 is 11.6 Å². The maximum atomic E-state index is 12.3. The highest BCUT2D eigenvalue weighted by atomic mass is 16.3. The lowest BCUT2D eigenvalue weighted by molar-refractivity contribution is -0.120. The molecule has 1 N–H and O–H groups in total. The molecule has 0 bridgehead atoms. The minimum atomic E-state index is -0.171. The standard InChI is InChI=1S/C20H20O3/c1-3-18(21)16-9-12-10-20(23)17(19(22)4-2)11-15(12)13-7-5-6-8-14(13)16/h5-8,10-11,16,23H,3-4,9H2,1-2H3. The summed E-state index contributed by atoms with van der Waals surface area (Å²) in [6.45, 7) is 3.66. The van der Waals surface area contributed by atoms with Gasteiger partial charge in [0.1, 0.15) is 11.5 Å². The van der Waals surface area contributed by atoms with Crippen LogP contribution in [0.5, 0.6) is 5.75 Å². The fourth-order valence-corrected chi connectivity index (χ4v) is 3.37. The Bertz CT molecular complexity index is 789. The van der Waals surface area contributed by atoms with Crippen molar-refractivity contribution in [2.75, 3.05) is 0 Å². The van der Waals surface area contributed by atoms with Crippen LogP contribution < -0.4 is 0 Å². The van der Waals surface area contributed by atoms with Gasteiger partial charge in [-0.25, -0.2) is 0 Å². The van der Waals surface area contributed by atoms with Crippen LogP contribution in [-0.2, 0) is 11.2 Å². The third kappa shape index (κ3) is 2.56. The number of aromatic hydroxyl groups is 1. The van der Waals surface area contributed by atoms with E-state index >= 15 is 0 Å². The molecule has 0 saturated heterocycles. The van der Waals surface area contributed by atoms with Crippen molar-refractivity contribution < 1.29 is 14.7 Å². The van der Waals surface area contributed by atoms with Crippen molar-refractivity contribution in [3.63, 3.8) is 0 Å². The number of ketones is 2. The van der Waals surface area contributed by atoms with Crippen LogP contribution >= 0.6 is 0 Å². The van der Waals surface area contributed by atoms with Crippen LogP contribution in [0.2, 0.25) is 0 Å². The average molecular weight is 308 g/mol. The van der Waals surface area contributed by atoms with E-state index in [2.05, 4.69) is 0 Å². The van der Waals surface area contributed by atoms with Gasteiger partial charge in [0.05, 0.1) is 5.56 Å². The number of hydrogen-bond donors (Lipinski definition) is 1. The largest absolute Gasteiger partial charge is 0.507 e. The van der Waals surface area contributed by atoms with Gasteiger partial charge < -0.3 is 5.11 Å². The molecule has 0 fully saturated rings. The summed E-state index contributed by atoms with van der Waals surface area (Å²) in [5, 5.41) is 10.2. The van der Waals surface area contributed by atoms with Crippen molar-refractivity contribution in [1.82, 2.24) is 0 Å². The number of phenolic OH excluding ortho intramolecular Hbond substituents is 1. The molecule has 0 heterocycles. The highest BCUT2D eigenvalue weighted by molar-refractivity contribution is 6.00. The first-order valence-corrected chi connectivity index (χ1v) is 8.07. The van der Waals surface area contributed by atoms with Crippen LogP contribution in [0.1, 0.15) is 54.1 Å². The van der Waals surface area contributed by atoms with Gasteiger partial charge in [-0.15, -0.1) is 0 Å². The summed E-state index contributed by atoms with van der Waals surface area (Å²) in [5.41, 5.74) is 4.26. The van der Waals surface area contributed by atoms with Crippen molar-refractivity contribution in [3.8, 4) is 16.9 Å². The number of fused-ring (bicyclic) bond motifs is 3. The molecule has 3 heteroatoms. The van der Waals surface area contributed by atoms with Crippen molar-refractivity contribution in [1.29, 1.82) is 0 Å². The quantitative estimate of drug-likeness (QED) is 0.858. The summed E-state index contributed by atoms with van der Waals surface area (Å²) in [4.78, 5) is 24.4. The summed E-state index contributed by atoms with van der Waals surface area (Å²) >= 11 is 0. The van der Waals surface area contributed by atoms with E-state index in [1.807, 2.05) is 31.2 Å². The minimum Gasteiger partial charge on any atom is -0.507 e. The number of carbonyl (C=O) groups excluding carboxylic acids is 2. The van der Waals surface area contributed by atoms with Gasteiger partial charge in [-0.1, -0.05) is 38.1 Å². The van der Waals surface area contributed by atoms with Crippen LogP contribution in [0.3, 0.4) is 0 Å². The topological polar surface area (TPSA) is 54.4 Å². The Hall–Kier alpha value is -2.42. The molecule has 0 aliphatic heterocycles. The summed E-state index contributed by atoms with van der Waals surface area (Å²) in [6.07, 6.45) is 1.42. The zero-order valence-electron chi connectivity index (χ0n) is 13.4. The predicted molar refractivity (Wildman–Crippen MR) is 89.9 cm³/mol. The number of hydrogen-bond acceptors (Lipinski definition) is 3. The van der Waals surface area contributed by atoms with E-state index in [9.17, 15) is 14.7 Å². The summed E-state index contributed by atoms with van der Waals surface area (Å²) in [5.74, 6) is -0.0284. The minimum absolute atomic E-state index is 0.0117. The number of benzene rings is 2. The Morgan fingerprint density at radius 3 is 2.52 bits per heavy atom. The zero-order valence-corrected chi connectivity index (χ0v) is 13.4.